The Labute approximate surface area is 142 Å². The zero-order valence-corrected chi connectivity index (χ0v) is 14.2. The van der Waals surface area contributed by atoms with Crippen LogP contribution in [0, 0.1) is 29.6 Å². The van der Waals surface area contributed by atoms with Gasteiger partial charge in [0.25, 0.3) is 5.91 Å². The second-order valence-electron chi connectivity index (χ2n) is 8.63. The van der Waals surface area contributed by atoms with E-state index in [2.05, 4.69) is 10.6 Å². The molecular weight excluding hydrogens is 308 g/mol. The van der Waals surface area contributed by atoms with Crippen molar-refractivity contribution in [3.63, 3.8) is 0 Å². The molecule has 0 aromatic carbocycles. The highest BCUT2D eigenvalue weighted by molar-refractivity contribution is 5.96. The van der Waals surface area contributed by atoms with Crippen LogP contribution in [0.2, 0.25) is 0 Å². The first-order valence-corrected chi connectivity index (χ1v) is 9.21. The van der Waals surface area contributed by atoms with Gasteiger partial charge in [0.1, 0.15) is 0 Å². The molecule has 0 aliphatic heterocycles. The molecule has 0 aromatic heterocycles. The van der Waals surface area contributed by atoms with Gasteiger partial charge in [0.05, 0.1) is 5.92 Å². The summed E-state index contributed by atoms with van der Waals surface area (Å²) in [5, 5.41) is 5.39. The zero-order chi connectivity index (χ0) is 16.9. The van der Waals surface area contributed by atoms with Gasteiger partial charge in [-0.1, -0.05) is 6.92 Å². The van der Waals surface area contributed by atoms with Gasteiger partial charge in [0.2, 0.25) is 0 Å². The van der Waals surface area contributed by atoms with E-state index in [0.29, 0.717) is 5.92 Å². The highest BCUT2D eigenvalue weighted by Crippen LogP contribution is 2.55. The van der Waals surface area contributed by atoms with Crippen LogP contribution >= 0.6 is 0 Å². The first-order chi connectivity index (χ1) is 11.4. The number of carbonyl (C=O) groups is 3. The number of rotatable bonds is 4. The molecule has 24 heavy (non-hydrogen) atoms. The van der Waals surface area contributed by atoms with Gasteiger partial charge in [-0.05, 0) is 68.6 Å². The predicted octanol–water partition coefficient (Wildman–Crippen LogP) is 1.98. The maximum absolute atomic E-state index is 12.2. The molecule has 0 unspecified atom stereocenters. The smallest absolute Gasteiger partial charge is 0.321 e. The second-order valence-corrected chi connectivity index (χ2v) is 8.63. The zero-order valence-electron chi connectivity index (χ0n) is 14.2. The van der Waals surface area contributed by atoms with Crippen LogP contribution in [0.15, 0.2) is 0 Å². The fourth-order valence-electron chi connectivity index (χ4n) is 5.59. The molecule has 0 spiro atoms. The van der Waals surface area contributed by atoms with E-state index in [1.807, 2.05) is 6.92 Å². The summed E-state index contributed by atoms with van der Waals surface area (Å²) in [7, 11) is 0. The molecule has 6 heteroatoms. The van der Waals surface area contributed by atoms with Gasteiger partial charge in [-0.3, -0.25) is 14.9 Å². The van der Waals surface area contributed by atoms with E-state index >= 15 is 0 Å². The van der Waals surface area contributed by atoms with Crippen LogP contribution in [0.5, 0.6) is 0 Å². The number of hydrogen-bond donors (Lipinski definition) is 2. The maximum atomic E-state index is 12.2. The summed E-state index contributed by atoms with van der Waals surface area (Å²) >= 11 is 0. The molecule has 2 N–H and O–H groups in total. The van der Waals surface area contributed by atoms with Crippen molar-refractivity contribution >= 4 is 17.9 Å². The third kappa shape index (κ3) is 3.15. The van der Waals surface area contributed by atoms with Crippen LogP contribution in [0.4, 0.5) is 4.79 Å². The summed E-state index contributed by atoms with van der Waals surface area (Å²) in [5.41, 5.74) is -0.126. The van der Waals surface area contributed by atoms with E-state index in [9.17, 15) is 14.4 Å². The van der Waals surface area contributed by atoms with E-state index in [0.717, 1.165) is 43.4 Å². The molecule has 6 nitrogen and oxygen atoms in total. The predicted molar refractivity (Wildman–Crippen MR) is 85.8 cm³/mol. The average Bonchev–Trinajstić information content (AvgIpc) is 3.19. The number of esters is 1. The summed E-state index contributed by atoms with van der Waals surface area (Å²) < 4.78 is 4.96. The van der Waals surface area contributed by atoms with Gasteiger partial charge < -0.3 is 10.1 Å². The van der Waals surface area contributed by atoms with Crippen molar-refractivity contribution < 1.29 is 19.1 Å². The summed E-state index contributed by atoms with van der Waals surface area (Å²) in [6, 6.07) is -0.446. The molecule has 2 atom stereocenters. The minimum absolute atomic E-state index is 0.0707. The molecule has 4 bridgehead atoms. The lowest BCUT2D eigenvalue weighted by Crippen LogP contribution is -2.62. The van der Waals surface area contributed by atoms with Gasteiger partial charge in [-0.25, -0.2) is 4.79 Å². The van der Waals surface area contributed by atoms with E-state index < -0.39 is 11.9 Å². The SMILES string of the molecule is C[C@H]1C[C@@H]1C(=O)OCC(=O)NC(=O)NC12CC3CC(CC(C3)C1)C2. The van der Waals surface area contributed by atoms with E-state index in [4.69, 9.17) is 4.74 Å². The normalized spacial score (nSPS) is 41.6. The molecule has 0 radical (unpaired) electrons. The van der Waals surface area contributed by atoms with Crippen LogP contribution in [-0.2, 0) is 14.3 Å². The molecule has 5 rings (SSSR count). The second kappa shape index (κ2) is 5.74. The summed E-state index contributed by atoms with van der Waals surface area (Å²) in [6.45, 7) is 1.60. The van der Waals surface area contributed by atoms with Crippen molar-refractivity contribution in [2.45, 2.75) is 57.4 Å². The molecule has 5 aliphatic rings. The summed E-state index contributed by atoms with van der Waals surface area (Å²) in [4.78, 5) is 35.6. The molecule has 0 aromatic rings. The topological polar surface area (TPSA) is 84.5 Å². The quantitative estimate of drug-likeness (QED) is 0.770. The van der Waals surface area contributed by atoms with Crippen molar-refractivity contribution in [3.05, 3.63) is 0 Å². The minimum atomic E-state index is -0.557. The lowest BCUT2D eigenvalue weighted by Gasteiger charge is -2.56. The highest BCUT2D eigenvalue weighted by atomic mass is 16.5. The van der Waals surface area contributed by atoms with Gasteiger partial charge in [0.15, 0.2) is 6.61 Å². The fraction of sp³-hybridized carbons (Fsp3) is 0.833. The Balaban J connectivity index is 1.24. The van der Waals surface area contributed by atoms with Crippen LogP contribution in [0.1, 0.15) is 51.9 Å². The third-order valence-electron chi connectivity index (χ3n) is 6.43. The Bertz CT molecular complexity index is 538. The Morgan fingerprint density at radius 3 is 2.04 bits per heavy atom. The van der Waals surface area contributed by atoms with Crippen LogP contribution in [-0.4, -0.2) is 30.1 Å². The van der Waals surface area contributed by atoms with Gasteiger partial charge >= 0.3 is 12.0 Å². The average molecular weight is 334 g/mol. The Hall–Kier alpha value is -1.59. The number of carbonyl (C=O) groups excluding carboxylic acids is 3. The molecule has 0 heterocycles. The monoisotopic (exact) mass is 334 g/mol. The van der Waals surface area contributed by atoms with Gasteiger partial charge in [0, 0.05) is 5.54 Å². The van der Waals surface area contributed by atoms with Gasteiger partial charge in [-0.2, -0.15) is 0 Å². The number of amides is 3. The number of urea groups is 1. The first kappa shape index (κ1) is 15.9. The van der Waals surface area contributed by atoms with Crippen LogP contribution in [0.25, 0.3) is 0 Å². The molecular formula is C18H26N2O4. The fourth-order valence-corrected chi connectivity index (χ4v) is 5.59. The Kier molecular flexibility index (Phi) is 3.81. The Morgan fingerprint density at radius 2 is 1.54 bits per heavy atom. The molecule has 0 saturated heterocycles. The highest BCUT2D eigenvalue weighted by Gasteiger charge is 2.51. The minimum Gasteiger partial charge on any atom is -0.455 e. The number of nitrogens with one attached hydrogen (secondary N) is 2. The van der Waals surface area contributed by atoms with Crippen molar-refractivity contribution in [1.82, 2.24) is 10.6 Å². The Morgan fingerprint density at radius 1 is 1.00 bits per heavy atom. The number of ether oxygens (including phenoxy) is 1. The lowest BCUT2D eigenvalue weighted by molar-refractivity contribution is -0.149. The standard InChI is InChI=1S/C18H26N2O4/c1-10-2-14(10)16(22)24-9-15(21)19-17(23)20-18-6-11-3-12(7-18)5-13(4-11)8-18/h10-14H,2-9H2,1H3,(H2,19,20,21,23)/t10-,11?,12?,13?,14-,18?/m0/s1. The van der Waals surface area contributed by atoms with E-state index in [1.54, 1.807) is 0 Å². The third-order valence-corrected chi connectivity index (χ3v) is 6.43. The van der Waals surface area contributed by atoms with Gasteiger partial charge in [-0.15, -0.1) is 0 Å². The van der Waals surface area contributed by atoms with Crippen molar-refractivity contribution in [3.8, 4) is 0 Å². The molecule has 5 saturated carbocycles. The molecule has 5 fully saturated rings. The van der Waals surface area contributed by atoms with E-state index in [1.165, 1.54) is 19.3 Å². The maximum Gasteiger partial charge on any atom is 0.321 e. The van der Waals surface area contributed by atoms with Crippen molar-refractivity contribution in [2.24, 2.45) is 29.6 Å². The first-order valence-electron chi connectivity index (χ1n) is 9.21. The molecule has 132 valence electrons. The molecule has 5 aliphatic carbocycles. The molecule has 3 amide bonds. The number of hydrogen-bond acceptors (Lipinski definition) is 4. The van der Waals surface area contributed by atoms with E-state index in [-0.39, 0.29) is 24.0 Å². The number of imide groups is 1. The van der Waals surface area contributed by atoms with Crippen molar-refractivity contribution in [2.75, 3.05) is 6.61 Å². The summed E-state index contributed by atoms with van der Waals surface area (Å²) in [5.74, 6) is 1.58. The lowest BCUT2D eigenvalue weighted by atomic mass is 9.53. The van der Waals surface area contributed by atoms with Crippen molar-refractivity contribution in [1.29, 1.82) is 0 Å². The largest absolute Gasteiger partial charge is 0.455 e. The van der Waals surface area contributed by atoms with Crippen LogP contribution in [0.3, 0.4) is 0 Å². The summed E-state index contributed by atoms with van der Waals surface area (Å²) in [6.07, 6.45) is 7.84. The van der Waals surface area contributed by atoms with Crippen LogP contribution < -0.4 is 10.6 Å².